The Bertz CT molecular complexity index is 1550. The van der Waals surface area contributed by atoms with Gasteiger partial charge in [0.05, 0.1) is 27.2 Å². The van der Waals surface area contributed by atoms with Crippen molar-refractivity contribution >= 4 is 36.8 Å². The number of sulfone groups is 1. The molecule has 0 radical (unpaired) electrons. The zero-order valence-corrected chi connectivity index (χ0v) is 18.6. The maximum atomic E-state index is 13.1. The number of hydrogen-bond acceptors (Lipinski definition) is 11. The van der Waals surface area contributed by atoms with Crippen LogP contribution in [-0.4, -0.2) is 65.8 Å². The van der Waals surface area contributed by atoms with Crippen molar-refractivity contribution in [2.75, 3.05) is 18.0 Å². The van der Waals surface area contributed by atoms with Crippen LogP contribution in [0.4, 0.5) is 5.95 Å². The molecule has 0 fully saturated rings. The summed E-state index contributed by atoms with van der Waals surface area (Å²) in [7, 11) is -8.85. The number of aromatic nitrogens is 6. The summed E-state index contributed by atoms with van der Waals surface area (Å²) in [5.74, 6) is -0.641. The number of fused-ring (bicyclic) bond motifs is 1. The lowest BCUT2D eigenvalue weighted by molar-refractivity contribution is 0.578. The van der Waals surface area contributed by atoms with Gasteiger partial charge in [0, 0.05) is 18.2 Å². The molecule has 33 heavy (non-hydrogen) atoms. The van der Waals surface area contributed by atoms with Gasteiger partial charge in [-0.05, 0) is 22.9 Å². The summed E-state index contributed by atoms with van der Waals surface area (Å²) in [6, 6.07) is 6.72. The van der Waals surface area contributed by atoms with Crippen molar-refractivity contribution in [2.24, 2.45) is 16.6 Å². The summed E-state index contributed by atoms with van der Waals surface area (Å²) in [5.41, 5.74) is 18.5. The van der Waals surface area contributed by atoms with Crippen LogP contribution in [0.15, 0.2) is 40.1 Å². The van der Waals surface area contributed by atoms with E-state index < -0.39 is 41.4 Å². The Morgan fingerprint density at radius 1 is 1.06 bits per heavy atom. The number of anilines is 1. The Balaban J connectivity index is 2.13. The van der Waals surface area contributed by atoms with Gasteiger partial charge in [0.25, 0.3) is 0 Å². The second-order valence-corrected chi connectivity index (χ2v) is 10.7. The van der Waals surface area contributed by atoms with Crippen LogP contribution in [0, 0.1) is 0 Å². The first kappa shape index (κ1) is 22.7. The van der Waals surface area contributed by atoms with E-state index in [0.717, 1.165) is 6.07 Å². The van der Waals surface area contributed by atoms with E-state index in [4.69, 9.17) is 22.3 Å². The van der Waals surface area contributed by atoms with E-state index in [2.05, 4.69) is 30.6 Å². The van der Waals surface area contributed by atoms with Gasteiger partial charge in [0.2, 0.25) is 15.8 Å². The highest BCUT2D eigenvalue weighted by Crippen LogP contribution is 2.41. The summed E-state index contributed by atoms with van der Waals surface area (Å²) >= 11 is 0. The Hall–Kier alpha value is -3.44. The number of nitrogens with two attached hydrogens (primary N) is 4. The van der Waals surface area contributed by atoms with Crippen LogP contribution < -0.4 is 22.3 Å². The average molecular weight is 493 g/mol. The average Bonchev–Trinajstić information content (AvgIpc) is 3.40. The van der Waals surface area contributed by atoms with Crippen LogP contribution in [0.3, 0.4) is 0 Å². The molecule has 0 saturated heterocycles. The van der Waals surface area contributed by atoms with Crippen molar-refractivity contribution < 1.29 is 16.8 Å². The minimum Gasteiger partial charge on any atom is -0.369 e. The monoisotopic (exact) mass is 492 g/mol. The number of nitrogens with one attached hydrogen (secondary N) is 2. The second-order valence-electron chi connectivity index (χ2n) is 7.20. The molecule has 10 N–H and O–H groups in total. The normalized spacial score (nSPS) is 13.4. The molecule has 16 heteroatoms. The molecule has 2 aromatic carbocycles. The smallest absolute Gasteiger partial charge is 0.240 e. The van der Waals surface area contributed by atoms with E-state index in [1.54, 1.807) is 18.2 Å². The molecule has 2 aromatic heterocycles. The molecule has 2 heterocycles. The van der Waals surface area contributed by atoms with Gasteiger partial charge in [-0.25, -0.2) is 27.0 Å². The fraction of sp³-hybridized carbons (Fsp3) is 0.176. The summed E-state index contributed by atoms with van der Waals surface area (Å²) in [6.45, 7) is -0.123. The Morgan fingerprint density at radius 3 is 2.45 bits per heavy atom. The Labute approximate surface area is 187 Å². The highest BCUT2D eigenvalue weighted by molar-refractivity contribution is 7.93. The second kappa shape index (κ2) is 8.16. The molecule has 14 nitrogen and oxygen atoms in total. The fourth-order valence-electron chi connectivity index (χ4n) is 3.51. The number of para-hydroxylation sites is 1. The first-order chi connectivity index (χ1) is 15.5. The summed E-state index contributed by atoms with van der Waals surface area (Å²) in [4.78, 5) is 5.90. The zero-order chi connectivity index (χ0) is 24.0. The van der Waals surface area contributed by atoms with Crippen LogP contribution >= 0.6 is 0 Å². The lowest BCUT2D eigenvalue weighted by Crippen LogP contribution is -2.37. The van der Waals surface area contributed by atoms with Gasteiger partial charge in [0.1, 0.15) is 4.90 Å². The molecule has 0 unspecified atom stereocenters. The van der Waals surface area contributed by atoms with E-state index in [1.165, 1.54) is 6.07 Å². The maximum absolute atomic E-state index is 13.1. The third kappa shape index (κ3) is 4.16. The molecule has 0 bridgehead atoms. The minimum absolute atomic E-state index is 0.123. The number of hydrogen-bond donors (Lipinski definition) is 6. The van der Waals surface area contributed by atoms with Crippen molar-refractivity contribution in [1.82, 2.24) is 30.6 Å². The van der Waals surface area contributed by atoms with E-state index in [-0.39, 0.29) is 29.4 Å². The number of nitrogens with zero attached hydrogens (tertiary/aromatic N) is 4. The van der Waals surface area contributed by atoms with Crippen molar-refractivity contribution in [3.8, 4) is 22.5 Å². The van der Waals surface area contributed by atoms with Crippen LogP contribution in [0.1, 0.15) is 0 Å². The number of primary sulfonamides is 1. The first-order valence-electron chi connectivity index (χ1n) is 9.39. The van der Waals surface area contributed by atoms with E-state index in [1.807, 2.05) is 0 Å². The lowest BCUT2D eigenvalue weighted by Gasteiger charge is -2.17. The third-order valence-corrected chi connectivity index (χ3v) is 7.87. The molecule has 0 saturated carbocycles. The number of aromatic amines is 2. The number of sulfonamides is 1. The van der Waals surface area contributed by atoms with E-state index in [0.29, 0.717) is 16.6 Å². The molecule has 4 aromatic rings. The van der Waals surface area contributed by atoms with Gasteiger partial charge in [-0.15, -0.1) is 10.2 Å². The van der Waals surface area contributed by atoms with Crippen LogP contribution in [-0.2, 0) is 19.9 Å². The number of H-pyrrole nitrogens is 2. The predicted molar refractivity (Wildman–Crippen MR) is 120 cm³/mol. The van der Waals surface area contributed by atoms with Crippen LogP contribution in [0.2, 0.25) is 0 Å². The van der Waals surface area contributed by atoms with E-state index in [9.17, 15) is 16.8 Å². The molecule has 1 atom stereocenters. The van der Waals surface area contributed by atoms with Crippen molar-refractivity contribution in [3.05, 3.63) is 30.3 Å². The van der Waals surface area contributed by atoms with Gasteiger partial charge in [-0.1, -0.05) is 18.2 Å². The number of rotatable bonds is 7. The standard InChI is InChI=1S/C17H20N10O4S2/c18-6-8(19)7-32(28,29)12-5-4-9(10-2-1-3-11-14(10)23-17(20)22-11)13(15(12)33(21,30)31)16-24-26-27-25-16/h1-5,8H,6-7,18-19H2,(H3,20,22,23)(H2,21,30,31)(H,24,25,26,27)/t8-/m1/s1. The van der Waals surface area contributed by atoms with Crippen molar-refractivity contribution in [3.63, 3.8) is 0 Å². The summed E-state index contributed by atoms with van der Waals surface area (Å²) in [6.07, 6.45) is 0. The van der Waals surface area contributed by atoms with Gasteiger partial charge >= 0.3 is 0 Å². The molecule has 0 aliphatic heterocycles. The first-order valence-corrected chi connectivity index (χ1v) is 12.6. The van der Waals surface area contributed by atoms with Gasteiger partial charge in [0.15, 0.2) is 15.8 Å². The highest BCUT2D eigenvalue weighted by atomic mass is 32.2. The van der Waals surface area contributed by atoms with Crippen molar-refractivity contribution in [1.29, 1.82) is 0 Å². The highest BCUT2D eigenvalue weighted by Gasteiger charge is 2.33. The molecule has 0 amide bonds. The number of benzene rings is 2. The largest absolute Gasteiger partial charge is 0.369 e. The molecule has 4 rings (SSSR count). The molecule has 0 aliphatic rings. The maximum Gasteiger partial charge on any atom is 0.240 e. The zero-order valence-electron chi connectivity index (χ0n) is 16.9. The van der Waals surface area contributed by atoms with E-state index >= 15 is 0 Å². The van der Waals surface area contributed by atoms with Crippen LogP contribution in [0.5, 0.6) is 0 Å². The van der Waals surface area contributed by atoms with Gasteiger partial charge in [-0.2, -0.15) is 5.21 Å². The predicted octanol–water partition coefficient (Wildman–Crippen LogP) is -1.30. The molecule has 174 valence electrons. The minimum atomic E-state index is -4.62. The third-order valence-electron chi connectivity index (χ3n) is 4.87. The number of imidazole rings is 1. The quantitative estimate of drug-likeness (QED) is 0.177. The molecular weight excluding hydrogens is 472 g/mol. The number of tetrazole rings is 1. The summed E-state index contributed by atoms with van der Waals surface area (Å²) in [5, 5.41) is 19.0. The lowest BCUT2D eigenvalue weighted by atomic mass is 9.98. The SMILES string of the molecule is NC[C@@H](N)CS(=O)(=O)c1ccc(-c2cccc3[nH]c(N)nc23)c(-c2nn[nH]n2)c1S(N)(=O)=O. The van der Waals surface area contributed by atoms with Gasteiger partial charge < -0.3 is 22.2 Å². The number of nitrogen functional groups attached to an aromatic ring is 1. The molecule has 0 aliphatic carbocycles. The van der Waals surface area contributed by atoms with Gasteiger partial charge in [-0.3, -0.25) is 0 Å². The fourth-order valence-corrected chi connectivity index (χ4v) is 6.62. The topological polar surface area (TPSA) is 255 Å². The summed E-state index contributed by atoms with van der Waals surface area (Å²) < 4.78 is 51.7. The van der Waals surface area contributed by atoms with Crippen LogP contribution in [0.25, 0.3) is 33.5 Å². The molecular formula is C17H20N10O4S2. The Morgan fingerprint density at radius 2 is 1.82 bits per heavy atom. The van der Waals surface area contributed by atoms with Crippen molar-refractivity contribution in [2.45, 2.75) is 15.8 Å². The Kier molecular flexibility index (Phi) is 5.62. The molecule has 0 spiro atoms.